The first-order valence-corrected chi connectivity index (χ1v) is 8.35. The number of nitrogens with zero attached hydrogens (tertiary/aromatic N) is 2. The number of anilines is 1. The first-order valence-electron chi connectivity index (χ1n) is 8.35. The zero-order valence-electron chi connectivity index (χ0n) is 14.6. The number of para-hydroxylation sites is 2. The molecule has 3 rings (SSSR count). The van der Waals surface area contributed by atoms with Crippen LogP contribution >= 0.6 is 0 Å². The molecule has 140 valence electrons. The lowest BCUT2D eigenvalue weighted by Crippen LogP contribution is -2.25. The minimum Gasteiger partial charge on any atom is -0.356 e. The highest BCUT2D eigenvalue weighted by Gasteiger charge is 2.18. The molecule has 2 aromatic carbocycles. The highest BCUT2D eigenvalue weighted by Crippen LogP contribution is 2.30. The predicted octanol–water partition coefficient (Wildman–Crippen LogP) is 3.56. The van der Waals surface area contributed by atoms with Crippen molar-refractivity contribution in [2.24, 2.45) is 0 Å². The van der Waals surface area contributed by atoms with Gasteiger partial charge in [0.15, 0.2) is 0 Å². The van der Waals surface area contributed by atoms with Crippen molar-refractivity contribution in [1.82, 2.24) is 14.9 Å². The van der Waals surface area contributed by atoms with Crippen LogP contribution in [0.3, 0.4) is 0 Å². The van der Waals surface area contributed by atoms with Crippen LogP contribution in [-0.2, 0) is 9.59 Å². The van der Waals surface area contributed by atoms with Gasteiger partial charge in [0.25, 0.3) is 0 Å². The Bertz CT molecular complexity index is 968. The molecule has 0 radical (unpaired) electrons. The number of amides is 2. The molecule has 2 N–H and O–H groups in total. The molecule has 0 aliphatic carbocycles. The van der Waals surface area contributed by atoms with E-state index in [4.69, 9.17) is 0 Å². The van der Waals surface area contributed by atoms with E-state index < -0.39 is 6.55 Å². The Morgan fingerprint density at radius 1 is 1.11 bits per heavy atom. The SMILES string of the molecule is CC(=O)NCCC(=O)Nc1ccc(-c2nc3ccccc3n2C(F)F)cc1. The molecule has 0 unspecified atom stereocenters. The van der Waals surface area contributed by atoms with Gasteiger partial charge >= 0.3 is 6.55 Å². The Kier molecular flexibility index (Phi) is 5.44. The first kappa shape index (κ1) is 18.5. The van der Waals surface area contributed by atoms with Crippen LogP contribution in [0.25, 0.3) is 22.4 Å². The summed E-state index contributed by atoms with van der Waals surface area (Å²) >= 11 is 0. The normalized spacial score (nSPS) is 11.0. The van der Waals surface area contributed by atoms with Gasteiger partial charge in [-0.3, -0.25) is 14.2 Å². The monoisotopic (exact) mass is 372 g/mol. The van der Waals surface area contributed by atoms with Gasteiger partial charge in [0.05, 0.1) is 11.0 Å². The largest absolute Gasteiger partial charge is 0.356 e. The van der Waals surface area contributed by atoms with E-state index in [1.54, 1.807) is 48.5 Å². The van der Waals surface area contributed by atoms with Gasteiger partial charge in [-0.25, -0.2) is 4.98 Å². The number of hydrogen-bond acceptors (Lipinski definition) is 3. The highest BCUT2D eigenvalue weighted by molar-refractivity contribution is 5.91. The van der Waals surface area contributed by atoms with Crippen LogP contribution in [0.15, 0.2) is 48.5 Å². The van der Waals surface area contributed by atoms with Crippen LogP contribution in [0.4, 0.5) is 14.5 Å². The average molecular weight is 372 g/mol. The second-order valence-corrected chi connectivity index (χ2v) is 5.93. The van der Waals surface area contributed by atoms with Gasteiger partial charge in [-0.15, -0.1) is 0 Å². The molecule has 0 saturated heterocycles. The summed E-state index contributed by atoms with van der Waals surface area (Å²) in [5, 5.41) is 5.23. The number of halogens is 2. The van der Waals surface area contributed by atoms with Crippen molar-refractivity contribution in [3.05, 3.63) is 48.5 Å². The molecule has 0 bridgehead atoms. The summed E-state index contributed by atoms with van der Waals surface area (Å²) in [5.41, 5.74) is 1.90. The summed E-state index contributed by atoms with van der Waals surface area (Å²) in [6.07, 6.45) is 0.141. The third kappa shape index (κ3) is 4.28. The minimum atomic E-state index is -2.72. The van der Waals surface area contributed by atoms with Gasteiger partial charge in [-0.1, -0.05) is 12.1 Å². The van der Waals surface area contributed by atoms with Crippen molar-refractivity contribution < 1.29 is 18.4 Å². The number of alkyl halides is 2. The molecule has 2 amide bonds. The fourth-order valence-electron chi connectivity index (χ4n) is 2.72. The fourth-order valence-corrected chi connectivity index (χ4v) is 2.72. The minimum absolute atomic E-state index is 0.141. The molecular formula is C19H18F2N4O2. The molecule has 0 saturated carbocycles. The number of hydrogen-bond donors (Lipinski definition) is 2. The van der Waals surface area contributed by atoms with Gasteiger partial charge in [-0.2, -0.15) is 8.78 Å². The van der Waals surface area contributed by atoms with Gasteiger partial charge < -0.3 is 10.6 Å². The van der Waals surface area contributed by atoms with E-state index in [2.05, 4.69) is 15.6 Å². The lowest BCUT2D eigenvalue weighted by Gasteiger charge is -2.09. The van der Waals surface area contributed by atoms with E-state index in [0.717, 1.165) is 4.57 Å². The van der Waals surface area contributed by atoms with Crippen LogP contribution in [0.5, 0.6) is 0 Å². The maximum absolute atomic E-state index is 13.5. The molecule has 0 spiro atoms. The van der Waals surface area contributed by atoms with Crippen LogP contribution < -0.4 is 10.6 Å². The number of fused-ring (bicyclic) bond motifs is 1. The maximum atomic E-state index is 13.5. The Balaban J connectivity index is 1.78. The van der Waals surface area contributed by atoms with Crippen molar-refractivity contribution >= 4 is 28.5 Å². The van der Waals surface area contributed by atoms with Gasteiger partial charge in [0, 0.05) is 31.1 Å². The van der Waals surface area contributed by atoms with Crippen LogP contribution in [0.2, 0.25) is 0 Å². The topological polar surface area (TPSA) is 76.0 Å². The second kappa shape index (κ2) is 7.94. The lowest BCUT2D eigenvalue weighted by molar-refractivity contribution is -0.119. The molecule has 8 heteroatoms. The van der Waals surface area contributed by atoms with Gasteiger partial charge in [-0.05, 0) is 36.4 Å². The molecule has 1 heterocycles. The zero-order valence-corrected chi connectivity index (χ0v) is 14.6. The van der Waals surface area contributed by atoms with Crippen LogP contribution in [-0.4, -0.2) is 27.9 Å². The number of imidazole rings is 1. The highest BCUT2D eigenvalue weighted by atomic mass is 19.3. The summed E-state index contributed by atoms with van der Waals surface area (Å²) in [5.74, 6) is -0.292. The van der Waals surface area contributed by atoms with Crippen molar-refractivity contribution in [1.29, 1.82) is 0 Å². The number of benzene rings is 2. The van der Waals surface area contributed by atoms with E-state index in [1.807, 2.05) is 0 Å². The molecule has 0 atom stereocenters. The van der Waals surface area contributed by atoms with Crippen molar-refractivity contribution in [2.75, 3.05) is 11.9 Å². The van der Waals surface area contributed by atoms with Crippen molar-refractivity contribution in [3.8, 4) is 11.4 Å². The van der Waals surface area contributed by atoms with Crippen molar-refractivity contribution in [3.63, 3.8) is 0 Å². The molecular weight excluding hydrogens is 354 g/mol. The fraction of sp³-hybridized carbons (Fsp3) is 0.211. The number of aromatic nitrogens is 2. The second-order valence-electron chi connectivity index (χ2n) is 5.93. The Labute approximate surface area is 154 Å². The summed E-state index contributed by atoms with van der Waals surface area (Å²) in [6.45, 7) is -1.10. The van der Waals surface area contributed by atoms with E-state index in [9.17, 15) is 18.4 Å². The summed E-state index contributed by atoms with van der Waals surface area (Å²) in [6, 6.07) is 13.2. The summed E-state index contributed by atoms with van der Waals surface area (Å²) in [4.78, 5) is 26.9. The van der Waals surface area contributed by atoms with Crippen LogP contribution in [0, 0.1) is 0 Å². The third-order valence-electron chi connectivity index (χ3n) is 3.94. The number of nitrogens with one attached hydrogen (secondary N) is 2. The van der Waals surface area contributed by atoms with Crippen molar-refractivity contribution in [2.45, 2.75) is 19.9 Å². The lowest BCUT2D eigenvalue weighted by atomic mass is 10.2. The first-order chi connectivity index (χ1) is 13.0. The van der Waals surface area contributed by atoms with Crippen LogP contribution in [0.1, 0.15) is 19.9 Å². The van der Waals surface area contributed by atoms with E-state index in [-0.39, 0.29) is 30.6 Å². The third-order valence-corrected chi connectivity index (χ3v) is 3.94. The molecule has 6 nitrogen and oxygen atoms in total. The Hall–Kier alpha value is -3.29. The Morgan fingerprint density at radius 3 is 2.48 bits per heavy atom. The van der Waals surface area contributed by atoms with Gasteiger partial charge in [0.1, 0.15) is 5.82 Å². The number of carbonyl (C=O) groups is 2. The van der Waals surface area contributed by atoms with E-state index in [1.165, 1.54) is 6.92 Å². The smallest absolute Gasteiger partial charge is 0.320 e. The molecule has 3 aromatic rings. The summed E-state index contributed by atoms with van der Waals surface area (Å²) in [7, 11) is 0. The number of carbonyl (C=O) groups excluding carboxylic acids is 2. The average Bonchev–Trinajstić information content (AvgIpc) is 3.01. The molecule has 0 fully saturated rings. The van der Waals surface area contributed by atoms with E-state index >= 15 is 0 Å². The Morgan fingerprint density at radius 2 is 1.81 bits per heavy atom. The standard InChI is InChI=1S/C19H18F2N4O2/c1-12(26)22-11-10-17(27)23-14-8-6-13(7-9-14)18-24-15-4-2-3-5-16(15)25(18)19(20)21/h2-9,19H,10-11H2,1H3,(H,22,26)(H,23,27). The predicted molar refractivity (Wildman–Crippen MR) is 98.4 cm³/mol. The number of rotatable bonds is 6. The summed E-state index contributed by atoms with van der Waals surface area (Å²) < 4.78 is 28.0. The molecule has 0 aliphatic heterocycles. The molecule has 0 aliphatic rings. The van der Waals surface area contributed by atoms with Gasteiger partial charge in [0.2, 0.25) is 11.8 Å². The van der Waals surface area contributed by atoms with E-state index in [0.29, 0.717) is 22.3 Å². The molecule has 27 heavy (non-hydrogen) atoms. The molecule has 1 aromatic heterocycles. The zero-order chi connectivity index (χ0) is 19.4. The maximum Gasteiger partial charge on any atom is 0.320 e. The quantitative estimate of drug-likeness (QED) is 0.695.